The SMILES string of the molecule is CCCS(=O)(=O)OCC1CCCC(c2ccc(F)cc2)CC1. The van der Waals surface area contributed by atoms with Crippen molar-refractivity contribution in [2.45, 2.75) is 51.4 Å². The molecule has 2 atom stereocenters. The van der Waals surface area contributed by atoms with E-state index in [-0.39, 0.29) is 11.6 Å². The average Bonchev–Trinajstić information content (AvgIpc) is 2.72. The van der Waals surface area contributed by atoms with Gasteiger partial charge in [-0.25, -0.2) is 4.39 Å². The van der Waals surface area contributed by atoms with Crippen molar-refractivity contribution in [3.63, 3.8) is 0 Å². The molecule has 0 amide bonds. The van der Waals surface area contributed by atoms with Crippen LogP contribution in [0, 0.1) is 11.7 Å². The van der Waals surface area contributed by atoms with Crippen molar-refractivity contribution in [2.24, 2.45) is 5.92 Å². The predicted molar refractivity (Wildman–Crippen MR) is 85.7 cm³/mol. The second-order valence-electron chi connectivity index (χ2n) is 6.17. The molecule has 1 aromatic carbocycles. The first-order valence-electron chi connectivity index (χ1n) is 8.12. The molecule has 2 unspecified atom stereocenters. The fraction of sp³-hybridized carbons (Fsp3) is 0.647. The number of halogens is 1. The minimum absolute atomic E-state index is 0.0952. The molecule has 1 aliphatic rings. The monoisotopic (exact) mass is 328 g/mol. The number of hydrogen-bond donors (Lipinski definition) is 0. The van der Waals surface area contributed by atoms with Gasteiger partial charge in [0.1, 0.15) is 5.82 Å². The Bertz CT molecular complexity index is 554. The summed E-state index contributed by atoms with van der Waals surface area (Å²) < 4.78 is 41.4. The maximum absolute atomic E-state index is 13.0. The van der Waals surface area contributed by atoms with E-state index in [1.54, 1.807) is 0 Å². The van der Waals surface area contributed by atoms with Gasteiger partial charge in [-0.2, -0.15) is 8.42 Å². The molecule has 1 saturated carbocycles. The Morgan fingerprint density at radius 3 is 2.55 bits per heavy atom. The van der Waals surface area contributed by atoms with Crippen molar-refractivity contribution >= 4 is 10.1 Å². The summed E-state index contributed by atoms with van der Waals surface area (Å²) in [7, 11) is -3.36. The fourth-order valence-corrected chi connectivity index (χ4v) is 4.14. The van der Waals surface area contributed by atoms with E-state index in [4.69, 9.17) is 4.18 Å². The van der Waals surface area contributed by atoms with Gasteiger partial charge in [0.15, 0.2) is 0 Å². The van der Waals surface area contributed by atoms with Gasteiger partial charge in [-0.1, -0.05) is 25.5 Å². The Balaban J connectivity index is 1.86. The van der Waals surface area contributed by atoms with Crippen LogP contribution in [0.3, 0.4) is 0 Å². The van der Waals surface area contributed by atoms with Gasteiger partial charge in [-0.15, -0.1) is 0 Å². The summed E-state index contributed by atoms with van der Waals surface area (Å²) in [4.78, 5) is 0. The number of hydrogen-bond acceptors (Lipinski definition) is 3. The molecule has 1 aromatic rings. The molecule has 0 spiro atoms. The van der Waals surface area contributed by atoms with E-state index in [9.17, 15) is 12.8 Å². The van der Waals surface area contributed by atoms with Gasteiger partial charge >= 0.3 is 0 Å². The lowest BCUT2D eigenvalue weighted by Gasteiger charge is -2.16. The zero-order valence-corrected chi connectivity index (χ0v) is 13.9. The molecule has 1 fully saturated rings. The topological polar surface area (TPSA) is 43.4 Å². The second kappa shape index (κ2) is 8.06. The Morgan fingerprint density at radius 1 is 1.14 bits per heavy atom. The van der Waals surface area contributed by atoms with E-state index in [0.29, 0.717) is 24.9 Å². The number of rotatable bonds is 6. The van der Waals surface area contributed by atoms with E-state index >= 15 is 0 Å². The van der Waals surface area contributed by atoms with Gasteiger partial charge in [0.05, 0.1) is 12.4 Å². The van der Waals surface area contributed by atoms with E-state index in [1.165, 1.54) is 17.7 Å². The molecule has 0 aromatic heterocycles. The van der Waals surface area contributed by atoms with Crippen molar-refractivity contribution in [3.05, 3.63) is 35.6 Å². The first kappa shape index (κ1) is 17.4. The van der Waals surface area contributed by atoms with Gasteiger partial charge < -0.3 is 0 Å². The predicted octanol–water partition coefficient (Wildman–Crippen LogP) is 4.25. The van der Waals surface area contributed by atoms with Gasteiger partial charge in [-0.3, -0.25) is 4.18 Å². The molecule has 0 aliphatic heterocycles. The number of benzene rings is 1. The first-order chi connectivity index (χ1) is 10.5. The zero-order chi connectivity index (χ0) is 16.0. The van der Waals surface area contributed by atoms with Crippen molar-refractivity contribution in [2.75, 3.05) is 12.4 Å². The van der Waals surface area contributed by atoms with Crippen LogP contribution in [0.4, 0.5) is 4.39 Å². The van der Waals surface area contributed by atoms with Crippen LogP contribution >= 0.6 is 0 Å². The third kappa shape index (κ3) is 5.36. The van der Waals surface area contributed by atoms with Crippen LogP contribution < -0.4 is 0 Å². The Morgan fingerprint density at radius 2 is 1.86 bits per heavy atom. The molecule has 0 N–H and O–H groups in total. The minimum Gasteiger partial charge on any atom is -0.270 e. The third-order valence-electron chi connectivity index (χ3n) is 4.37. The molecule has 0 heterocycles. The van der Waals surface area contributed by atoms with Crippen molar-refractivity contribution in [3.8, 4) is 0 Å². The summed E-state index contributed by atoms with van der Waals surface area (Å²) in [6, 6.07) is 6.75. The van der Waals surface area contributed by atoms with Crippen LogP contribution in [0.25, 0.3) is 0 Å². The molecule has 124 valence electrons. The standard InChI is InChI=1S/C17H25FO3S/c1-2-12-22(19,20)21-13-14-4-3-5-15(7-6-14)16-8-10-17(18)11-9-16/h8-11,14-15H,2-7,12-13H2,1H3. The van der Waals surface area contributed by atoms with Crippen molar-refractivity contribution in [1.29, 1.82) is 0 Å². The summed E-state index contributed by atoms with van der Waals surface area (Å²) >= 11 is 0. The summed E-state index contributed by atoms with van der Waals surface area (Å²) in [5.74, 6) is 0.637. The van der Waals surface area contributed by atoms with Crippen LogP contribution in [0.5, 0.6) is 0 Å². The highest BCUT2D eigenvalue weighted by Gasteiger charge is 2.22. The highest BCUT2D eigenvalue weighted by molar-refractivity contribution is 7.86. The van der Waals surface area contributed by atoms with Crippen LogP contribution in [0.1, 0.15) is 56.9 Å². The van der Waals surface area contributed by atoms with E-state index in [0.717, 1.165) is 32.1 Å². The Kier molecular flexibility index (Phi) is 6.38. The van der Waals surface area contributed by atoms with Gasteiger partial charge in [0, 0.05) is 0 Å². The van der Waals surface area contributed by atoms with E-state index in [1.807, 2.05) is 19.1 Å². The largest absolute Gasteiger partial charge is 0.270 e. The summed E-state index contributed by atoms with van der Waals surface area (Å²) in [5, 5.41) is 0. The lowest BCUT2D eigenvalue weighted by Crippen LogP contribution is -2.16. The fourth-order valence-electron chi connectivity index (χ4n) is 3.12. The third-order valence-corrected chi connectivity index (χ3v) is 5.77. The molecule has 0 saturated heterocycles. The molecular formula is C17H25FO3S. The van der Waals surface area contributed by atoms with E-state index in [2.05, 4.69) is 0 Å². The average molecular weight is 328 g/mol. The highest BCUT2D eigenvalue weighted by atomic mass is 32.2. The maximum atomic E-state index is 13.0. The molecule has 1 aliphatic carbocycles. The Hall–Kier alpha value is -0.940. The molecule has 22 heavy (non-hydrogen) atoms. The van der Waals surface area contributed by atoms with Gasteiger partial charge in [0.2, 0.25) is 0 Å². The summed E-state index contributed by atoms with van der Waals surface area (Å²) in [6.45, 7) is 2.14. The van der Waals surface area contributed by atoms with Gasteiger partial charge in [-0.05, 0) is 61.6 Å². The summed E-state index contributed by atoms with van der Waals surface area (Å²) in [5.41, 5.74) is 1.18. The first-order valence-corrected chi connectivity index (χ1v) is 9.70. The van der Waals surface area contributed by atoms with Crippen LogP contribution in [0.2, 0.25) is 0 Å². The molecule has 0 radical (unpaired) electrons. The summed E-state index contributed by atoms with van der Waals surface area (Å²) in [6.07, 6.45) is 5.68. The molecule has 0 bridgehead atoms. The molecule has 5 heteroatoms. The molecular weight excluding hydrogens is 303 g/mol. The maximum Gasteiger partial charge on any atom is 0.267 e. The minimum atomic E-state index is -3.36. The van der Waals surface area contributed by atoms with Crippen LogP contribution in [-0.4, -0.2) is 20.8 Å². The van der Waals surface area contributed by atoms with Crippen molar-refractivity contribution in [1.82, 2.24) is 0 Å². The van der Waals surface area contributed by atoms with Crippen LogP contribution in [-0.2, 0) is 14.3 Å². The second-order valence-corrected chi connectivity index (χ2v) is 7.93. The quantitative estimate of drug-likeness (QED) is 0.579. The van der Waals surface area contributed by atoms with E-state index < -0.39 is 10.1 Å². The van der Waals surface area contributed by atoms with Gasteiger partial charge in [0.25, 0.3) is 10.1 Å². The van der Waals surface area contributed by atoms with Crippen LogP contribution in [0.15, 0.2) is 24.3 Å². The highest BCUT2D eigenvalue weighted by Crippen LogP contribution is 2.34. The molecule has 3 nitrogen and oxygen atoms in total. The normalized spacial score (nSPS) is 23.2. The molecule has 2 rings (SSSR count). The Labute approximate surface area is 133 Å². The smallest absolute Gasteiger partial charge is 0.267 e. The zero-order valence-electron chi connectivity index (χ0n) is 13.1. The van der Waals surface area contributed by atoms with Crippen molar-refractivity contribution < 1.29 is 17.0 Å². The lowest BCUT2D eigenvalue weighted by molar-refractivity contribution is 0.238. The lowest BCUT2D eigenvalue weighted by atomic mass is 9.91.